The molecule has 1 aromatic heterocycles. The Morgan fingerprint density at radius 2 is 1.97 bits per heavy atom. The van der Waals surface area contributed by atoms with Gasteiger partial charge in [0.15, 0.2) is 11.2 Å². The lowest BCUT2D eigenvalue weighted by Crippen LogP contribution is -2.49. The minimum Gasteiger partial charge on any atom is -0.325 e. The Balaban J connectivity index is 1.54. The van der Waals surface area contributed by atoms with Crippen LogP contribution in [0.5, 0.6) is 0 Å². The number of anilines is 1. The monoisotopic (exact) mass is 432 g/mol. The van der Waals surface area contributed by atoms with Gasteiger partial charge >= 0.3 is 11.9 Å². The van der Waals surface area contributed by atoms with Crippen LogP contribution >= 0.6 is 0 Å². The molecule has 0 spiro atoms. The smallest absolute Gasteiger partial charge is 0.325 e. The number of carbonyl (C=O) groups excluding carboxylic acids is 1. The fraction of sp³-hybridized carbons (Fsp3) is 0.286. The summed E-state index contributed by atoms with van der Waals surface area (Å²) >= 11 is 0. The number of H-pyrrole nitrogens is 1. The molecule has 3 aromatic rings. The topological polar surface area (TPSA) is 91.2 Å². The van der Waals surface area contributed by atoms with E-state index in [-0.39, 0.29) is 24.5 Å². The van der Waals surface area contributed by atoms with Gasteiger partial charge in [0, 0.05) is 24.3 Å². The zero-order chi connectivity index (χ0) is 22.1. The molecule has 7 nitrogen and oxygen atoms in total. The van der Waals surface area contributed by atoms with Gasteiger partial charge in [0.2, 0.25) is 5.91 Å². The van der Waals surface area contributed by atoms with Crippen molar-refractivity contribution < 1.29 is 22.5 Å². The molecule has 1 atom stereocenters. The van der Waals surface area contributed by atoms with Crippen LogP contribution in [0.25, 0.3) is 11.4 Å². The van der Waals surface area contributed by atoms with Crippen LogP contribution < -0.4 is 11.1 Å². The lowest BCUT2D eigenvalue weighted by atomic mass is 9.85. The van der Waals surface area contributed by atoms with Crippen LogP contribution in [0.2, 0.25) is 0 Å². The van der Waals surface area contributed by atoms with E-state index in [4.69, 9.17) is 0 Å². The van der Waals surface area contributed by atoms with E-state index in [9.17, 15) is 22.8 Å². The Hall–Kier alpha value is -3.40. The Bertz CT molecular complexity index is 1130. The van der Waals surface area contributed by atoms with E-state index < -0.39 is 29.8 Å². The third-order valence-corrected chi connectivity index (χ3v) is 5.41. The molecule has 2 aromatic carbocycles. The molecule has 0 aliphatic carbocycles. The number of nitrogens with zero attached hydrogens (tertiary/aromatic N) is 2. The van der Waals surface area contributed by atoms with E-state index in [1.54, 1.807) is 11.0 Å². The molecule has 31 heavy (non-hydrogen) atoms. The highest BCUT2D eigenvalue weighted by molar-refractivity contribution is 5.96. The fourth-order valence-corrected chi connectivity index (χ4v) is 3.76. The van der Waals surface area contributed by atoms with Gasteiger partial charge in [-0.05, 0) is 30.7 Å². The average Bonchev–Trinajstić information content (AvgIpc) is 3.36. The Morgan fingerprint density at radius 3 is 2.65 bits per heavy atom. The maximum atomic E-state index is 14.1. The van der Waals surface area contributed by atoms with Gasteiger partial charge in [-0.15, -0.1) is 0 Å². The number of carbonyl (C=O) groups is 1. The van der Waals surface area contributed by atoms with Crippen molar-refractivity contribution in [2.75, 3.05) is 18.4 Å². The molecule has 4 rings (SSSR count). The molecular weight excluding hydrogens is 413 g/mol. The van der Waals surface area contributed by atoms with E-state index in [2.05, 4.69) is 20.0 Å². The summed E-state index contributed by atoms with van der Waals surface area (Å²) in [5, 5.41) is 5.94. The van der Waals surface area contributed by atoms with Gasteiger partial charge < -0.3 is 5.32 Å². The number of alkyl halides is 3. The summed E-state index contributed by atoms with van der Waals surface area (Å²) in [5.41, 5.74) is -1.08. The van der Waals surface area contributed by atoms with Crippen molar-refractivity contribution in [1.82, 2.24) is 15.0 Å². The molecule has 1 saturated heterocycles. The largest absolute Gasteiger partial charge is 0.439 e. The lowest BCUT2D eigenvalue weighted by Gasteiger charge is -2.30. The lowest BCUT2D eigenvalue weighted by molar-refractivity contribution is -0.215. The summed E-state index contributed by atoms with van der Waals surface area (Å²) in [6, 6.07) is 15.2. The highest BCUT2D eigenvalue weighted by Crippen LogP contribution is 2.46. The number of aromatic amines is 1. The molecule has 1 aliphatic rings. The molecule has 0 saturated carbocycles. The normalized spacial score (nSPS) is 19.5. The van der Waals surface area contributed by atoms with Gasteiger partial charge in [-0.25, -0.2) is 4.79 Å². The molecule has 0 radical (unpaired) electrons. The van der Waals surface area contributed by atoms with Gasteiger partial charge in [-0.1, -0.05) is 47.6 Å². The van der Waals surface area contributed by atoms with E-state index in [0.29, 0.717) is 12.1 Å². The summed E-state index contributed by atoms with van der Waals surface area (Å²) in [6.45, 7) is 0.0660. The second-order valence-corrected chi connectivity index (χ2v) is 7.50. The van der Waals surface area contributed by atoms with Gasteiger partial charge in [0.1, 0.15) is 0 Å². The maximum Gasteiger partial charge on any atom is 0.439 e. The maximum absolute atomic E-state index is 14.1. The first-order valence-corrected chi connectivity index (χ1v) is 9.58. The molecular formula is C21H19F3N4O3. The number of halogens is 3. The number of rotatable bonds is 5. The van der Waals surface area contributed by atoms with Crippen LogP contribution in [0, 0.1) is 5.41 Å². The third kappa shape index (κ3) is 4.24. The van der Waals surface area contributed by atoms with Gasteiger partial charge in [0.05, 0.1) is 0 Å². The summed E-state index contributed by atoms with van der Waals surface area (Å²) < 4.78 is 46.7. The quantitative estimate of drug-likeness (QED) is 0.645. The summed E-state index contributed by atoms with van der Waals surface area (Å²) in [7, 11) is 0. The van der Waals surface area contributed by atoms with Crippen molar-refractivity contribution in [3.05, 3.63) is 70.7 Å². The van der Waals surface area contributed by atoms with Crippen molar-refractivity contribution in [2.45, 2.75) is 19.1 Å². The van der Waals surface area contributed by atoms with Crippen LogP contribution in [-0.2, 0) is 11.3 Å². The molecule has 2 N–H and O–H groups in total. The first kappa shape index (κ1) is 20.9. The predicted molar refractivity (Wildman–Crippen MR) is 106 cm³/mol. The fourth-order valence-electron chi connectivity index (χ4n) is 3.76. The number of hydrogen-bond donors (Lipinski definition) is 2. The van der Waals surface area contributed by atoms with E-state index in [1.165, 1.54) is 18.2 Å². The second-order valence-electron chi connectivity index (χ2n) is 7.50. The van der Waals surface area contributed by atoms with Crippen LogP contribution in [0.4, 0.5) is 18.9 Å². The molecule has 162 valence electrons. The van der Waals surface area contributed by atoms with Crippen LogP contribution in [0.1, 0.15) is 12.0 Å². The first-order chi connectivity index (χ1) is 14.8. The molecule has 1 amide bonds. The first-order valence-electron chi connectivity index (χ1n) is 9.58. The zero-order valence-electron chi connectivity index (χ0n) is 16.3. The molecule has 10 heteroatoms. The molecule has 1 unspecified atom stereocenters. The molecule has 2 heterocycles. The molecule has 1 fully saturated rings. The Labute approximate surface area is 174 Å². The van der Waals surface area contributed by atoms with Crippen molar-refractivity contribution in [3.63, 3.8) is 0 Å². The third-order valence-electron chi connectivity index (χ3n) is 5.41. The molecule has 1 aliphatic heterocycles. The van der Waals surface area contributed by atoms with E-state index >= 15 is 0 Å². The SMILES string of the molecule is O=C(Nc1cccc(-c2noc(=O)[nH]2)c1)C1(C(F)(F)F)CCN(Cc2ccccc2)C1. The van der Waals surface area contributed by atoms with Crippen LogP contribution in [-0.4, -0.2) is 40.2 Å². The predicted octanol–water partition coefficient (Wildman–Crippen LogP) is 3.42. The summed E-state index contributed by atoms with van der Waals surface area (Å²) in [4.78, 5) is 28.0. The highest BCUT2D eigenvalue weighted by atomic mass is 19.4. The zero-order valence-corrected chi connectivity index (χ0v) is 16.3. The minimum absolute atomic E-state index is 0.113. The summed E-state index contributed by atoms with van der Waals surface area (Å²) in [5.74, 6) is -1.76. The summed E-state index contributed by atoms with van der Waals surface area (Å²) in [6.07, 6.45) is -5.04. The van der Waals surface area contributed by atoms with Crippen LogP contribution in [0.3, 0.4) is 0 Å². The number of nitrogens with one attached hydrogen (secondary N) is 2. The Kier molecular flexibility index (Phi) is 5.40. The number of amides is 1. The van der Waals surface area contributed by atoms with E-state index in [0.717, 1.165) is 5.56 Å². The standard InChI is InChI=1S/C21H19F3N4O3/c22-21(23,24)20(9-10-28(13-20)12-14-5-2-1-3-6-14)18(29)25-16-8-4-7-15(11-16)17-26-19(30)31-27-17/h1-8,11H,9-10,12-13H2,(H,25,29)(H,26,27,30). The van der Waals surface area contributed by atoms with Crippen molar-refractivity contribution >= 4 is 11.6 Å². The van der Waals surface area contributed by atoms with E-state index in [1.807, 2.05) is 30.3 Å². The Morgan fingerprint density at radius 1 is 1.19 bits per heavy atom. The van der Waals surface area contributed by atoms with Crippen molar-refractivity contribution in [2.24, 2.45) is 5.41 Å². The number of hydrogen-bond acceptors (Lipinski definition) is 5. The van der Waals surface area contributed by atoms with Gasteiger partial charge in [0.25, 0.3) is 0 Å². The number of aromatic nitrogens is 2. The van der Waals surface area contributed by atoms with Gasteiger partial charge in [-0.2, -0.15) is 13.2 Å². The number of benzene rings is 2. The minimum atomic E-state index is -4.71. The van der Waals surface area contributed by atoms with Gasteiger partial charge in [-0.3, -0.25) is 19.2 Å². The van der Waals surface area contributed by atoms with Crippen molar-refractivity contribution in [3.8, 4) is 11.4 Å². The highest BCUT2D eigenvalue weighted by Gasteiger charge is 2.62. The average molecular weight is 432 g/mol. The number of likely N-dealkylation sites (tertiary alicyclic amines) is 1. The second kappa shape index (κ2) is 8.03. The van der Waals surface area contributed by atoms with Crippen LogP contribution in [0.15, 0.2) is 63.9 Å². The molecule has 0 bridgehead atoms. The van der Waals surface area contributed by atoms with Crippen molar-refractivity contribution in [1.29, 1.82) is 0 Å².